The molecule has 6 nitrogen and oxygen atoms in total. The van der Waals surface area contributed by atoms with E-state index in [2.05, 4.69) is 10.6 Å². The van der Waals surface area contributed by atoms with Gasteiger partial charge in [-0.3, -0.25) is 0 Å². The fraction of sp³-hybridized carbons (Fsp3) is 0.529. The molecule has 0 aliphatic carbocycles. The van der Waals surface area contributed by atoms with Crippen LogP contribution < -0.4 is 9.46 Å². The fourth-order valence-corrected chi connectivity index (χ4v) is 3.28. The molecule has 0 saturated heterocycles. The lowest BCUT2D eigenvalue weighted by molar-refractivity contribution is -0.0298. The summed E-state index contributed by atoms with van der Waals surface area (Å²) in [4.78, 5) is 0. The zero-order valence-electron chi connectivity index (χ0n) is 14.3. The van der Waals surface area contributed by atoms with Crippen LogP contribution in [0.5, 0.6) is 5.75 Å². The predicted octanol–water partition coefficient (Wildman–Crippen LogP) is 2.08. The molecule has 7 heteroatoms. The Kier molecular flexibility index (Phi) is 8.79. The first-order valence-corrected chi connectivity index (χ1v) is 9.32. The molecule has 0 spiro atoms. The number of nitrogens with one attached hydrogen (secondary N) is 1. The fourth-order valence-electron chi connectivity index (χ4n) is 1.98. The van der Waals surface area contributed by atoms with E-state index in [1.54, 1.807) is 32.0 Å². The lowest BCUT2D eigenvalue weighted by atomic mass is 10.1. The maximum atomic E-state index is 12.1. The average Bonchev–Trinajstić information content (AvgIpc) is 2.54. The number of hydrogen-bond donors (Lipinski definition) is 1. The number of terminal acetylenes is 1. The van der Waals surface area contributed by atoms with E-state index in [0.29, 0.717) is 18.8 Å². The van der Waals surface area contributed by atoms with Gasteiger partial charge in [-0.2, -0.15) is 0 Å². The summed E-state index contributed by atoms with van der Waals surface area (Å²) in [6.45, 7) is 4.04. The summed E-state index contributed by atoms with van der Waals surface area (Å²) in [5.41, 5.74) is 0.802. The number of rotatable bonds is 11. The van der Waals surface area contributed by atoms with E-state index in [9.17, 15) is 8.42 Å². The molecular weight excluding hydrogens is 330 g/mol. The van der Waals surface area contributed by atoms with E-state index in [0.717, 1.165) is 5.56 Å². The van der Waals surface area contributed by atoms with Crippen molar-refractivity contribution < 1.29 is 22.6 Å². The molecule has 0 amide bonds. The Morgan fingerprint density at radius 1 is 1.33 bits per heavy atom. The Bertz CT molecular complexity index is 639. The molecule has 1 rings (SSSR count). The molecule has 2 atom stereocenters. The summed E-state index contributed by atoms with van der Waals surface area (Å²) in [7, 11) is -1.88. The van der Waals surface area contributed by atoms with Crippen LogP contribution in [-0.4, -0.2) is 40.8 Å². The number of sulfonamides is 1. The monoisotopic (exact) mass is 355 g/mol. The van der Waals surface area contributed by atoms with Crippen molar-refractivity contribution in [2.24, 2.45) is 0 Å². The van der Waals surface area contributed by atoms with Crippen molar-refractivity contribution in [3.05, 3.63) is 29.8 Å². The summed E-state index contributed by atoms with van der Waals surface area (Å²) in [6.07, 6.45) is 5.34. The lowest BCUT2D eigenvalue weighted by Crippen LogP contribution is -2.29. The van der Waals surface area contributed by atoms with Gasteiger partial charge in [-0.25, -0.2) is 13.1 Å². The van der Waals surface area contributed by atoms with Gasteiger partial charge in [0.25, 0.3) is 0 Å². The second-order valence-corrected chi connectivity index (χ2v) is 7.20. The van der Waals surface area contributed by atoms with E-state index >= 15 is 0 Å². The van der Waals surface area contributed by atoms with E-state index in [1.807, 2.05) is 6.07 Å². The van der Waals surface area contributed by atoms with Crippen LogP contribution in [0.25, 0.3) is 0 Å². The first-order valence-electron chi connectivity index (χ1n) is 7.67. The number of methoxy groups -OCH3 is 1. The molecule has 0 fully saturated rings. The van der Waals surface area contributed by atoms with E-state index in [1.165, 1.54) is 7.11 Å². The van der Waals surface area contributed by atoms with Gasteiger partial charge in [-0.1, -0.05) is 18.1 Å². The molecule has 0 radical (unpaired) electrons. The minimum atomic E-state index is -3.40. The number of hydrogen-bond acceptors (Lipinski definition) is 5. The van der Waals surface area contributed by atoms with Gasteiger partial charge in [0.1, 0.15) is 12.5 Å². The van der Waals surface area contributed by atoms with Gasteiger partial charge in [0, 0.05) is 13.2 Å². The minimum absolute atomic E-state index is 0.00856. The molecule has 0 bridgehead atoms. The first-order chi connectivity index (χ1) is 11.4. The van der Waals surface area contributed by atoms with Crippen LogP contribution in [0.3, 0.4) is 0 Å². The van der Waals surface area contributed by atoms with Crippen LogP contribution in [0.2, 0.25) is 0 Å². The third-order valence-corrected chi connectivity index (χ3v) is 4.70. The Morgan fingerprint density at radius 3 is 2.75 bits per heavy atom. The quantitative estimate of drug-likeness (QED) is 0.374. The maximum Gasteiger partial charge on any atom is 0.212 e. The highest BCUT2D eigenvalue weighted by atomic mass is 32.2. The molecule has 134 valence electrons. The van der Waals surface area contributed by atoms with Crippen molar-refractivity contribution in [1.82, 2.24) is 4.72 Å². The summed E-state index contributed by atoms with van der Waals surface area (Å²) in [6, 6.07) is 6.83. The van der Waals surface area contributed by atoms with Gasteiger partial charge in [0.2, 0.25) is 10.0 Å². The van der Waals surface area contributed by atoms with Crippen LogP contribution in [0.1, 0.15) is 31.9 Å². The van der Waals surface area contributed by atoms with E-state index in [4.69, 9.17) is 20.6 Å². The third-order valence-electron chi connectivity index (χ3n) is 3.16. The molecule has 1 aromatic carbocycles. The van der Waals surface area contributed by atoms with E-state index < -0.39 is 10.0 Å². The molecular formula is C17H25NO5S. The molecule has 0 heterocycles. The maximum absolute atomic E-state index is 12.1. The second-order valence-electron chi connectivity index (χ2n) is 5.33. The third kappa shape index (κ3) is 7.79. The summed E-state index contributed by atoms with van der Waals surface area (Å²) < 4.78 is 42.2. The van der Waals surface area contributed by atoms with Crippen LogP contribution in [-0.2, 0) is 19.5 Å². The topological polar surface area (TPSA) is 73.9 Å². The van der Waals surface area contributed by atoms with Crippen LogP contribution in [0, 0.1) is 12.3 Å². The predicted molar refractivity (Wildman–Crippen MR) is 93.1 cm³/mol. The van der Waals surface area contributed by atoms with Crippen LogP contribution in [0.15, 0.2) is 24.3 Å². The lowest BCUT2D eigenvalue weighted by Gasteiger charge is -2.16. The van der Waals surface area contributed by atoms with Crippen molar-refractivity contribution in [3.63, 3.8) is 0 Å². The Labute approximate surface area is 144 Å². The van der Waals surface area contributed by atoms with Crippen molar-refractivity contribution in [2.75, 3.05) is 26.3 Å². The second kappa shape index (κ2) is 10.3. The highest BCUT2D eigenvalue weighted by molar-refractivity contribution is 7.89. The summed E-state index contributed by atoms with van der Waals surface area (Å²) in [5, 5.41) is 0. The number of ether oxygens (including phenoxy) is 3. The molecule has 24 heavy (non-hydrogen) atoms. The van der Waals surface area contributed by atoms with Gasteiger partial charge in [-0.05, 0) is 38.0 Å². The van der Waals surface area contributed by atoms with Crippen molar-refractivity contribution in [3.8, 4) is 18.1 Å². The highest BCUT2D eigenvalue weighted by Crippen LogP contribution is 2.20. The van der Waals surface area contributed by atoms with Crippen molar-refractivity contribution in [2.45, 2.75) is 32.4 Å². The SMILES string of the molecule is C#C[C@H](C)Oc1cccc([C@@H](C)NS(=O)(=O)CCCOCOC)c1. The average molecular weight is 355 g/mol. The molecule has 0 unspecified atom stereocenters. The van der Waals surface area contributed by atoms with Gasteiger partial charge in [0.05, 0.1) is 12.4 Å². The molecule has 0 saturated carbocycles. The Morgan fingerprint density at radius 2 is 2.08 bits per heavy atom. The smallest absolute Gasteiger partial charge is 0.212 e. The normalized spacial score (nSPS) is 13.9. The summed E-state index contributed by atoms with van der Waals surface area (Å²) in [5.74, 6) is 3.08. The van der Waals surface area contributed by atoms with Gasteiger partial charge in [0.15, 0.2) is 6.10 Å². The molecule has 1 N–H and O–H groups in total. The Hall–Kier alpha value is -1.59. The molecule has 0 aromatic heterocycles. The van der Waals surface area contributed by atoms with Crippen LogP contribution in [0.4, 0.5) is 0 Å². The first kappa shape index (κ1) is 20.5. The van der Waals surface area contributed by atoms with Gasteiger partial charge >= 0.3 is 0 Å². The number of benzene rings is 1. The largest absolute Gasteiger partial charge is 0.478 e. The molecule has 0 aliphatic heterocycles. The van der Waals surface area contributed by atoms with E-state index in [-0.39, 0.29) is 24.7 Å². The summed E-state index contributed by atoms with van der Waals surface area (Å²) >= 11 is 0. The minimum Gasteiger partial charge on any atom is -0.478 e. The van der Waals surface area contributed by atoms with Gasteiger partial charge < -0.3 is 14.2 Å². The molecule has 1 aromatic rings. The highest BCUT2D eigenvalue weighted by Gasteiger charge is 2.16. The zero-order valence-corrected chi connectivity index (χ0v) is 15.1. The van der Waals surface area contributed by atoms with Gasteiger partial charge in [-0.15, -0.1) is 6.42 Å². The molecule has 0 aliphatic rings. The van der Waals surface area contributed by atoms with Crippen molar-refractivity contribution in [1.29, 1.82) is 0 Å². The standard InChI is InChI=1S/C17H25NO5S/c1-5-14(2)23-17-9-6-8-16(12-17)15(3)18-24(19,20)11-7-10-22-13-21-4/h1,6,8-9,12,14-15,18H,7,10-11,13H2,2-4H3/t14-,15+/m0/s1. The van der Waals surface area contributed by atoms with Crippen LogP contribution >= 0.6 is 0 Å². The Balaban J connectivity index is 2.58. The zero-order chi connectivity index (χ0) is 18.0. The van der Waals surface area contributed by atoms with Crippen molar-refractivity contribution >= 4 is 10.0 Å².